The Morgan fingerprint density at radius 3 is 2.76 bits per heavy atom. The van der Waals surface area contributed by atoms with E-state index >= 15 is 0 Å². The lowest BCUT2D eigenvalue weighted by Crippen LogP contribution is -2.27. The van der Waals surface area contributed by atoms with Crippen molar-refractivity contribution in [3.63, 3.8) is 0 Å². The van der Waals surface area contributed by atoms with Gasteiger partial charge in [0, 0.05) is 24.9 Å². The van der Waals surface area contributed by atoms with Gasteiger partial charge in [-0.1, -0.05) is 0 Å². The molecule has 1 aliphatic carbocycles. The van der Waals surface area contributed by atoms with Crippen LogP contribution >= 0.6 is 0 Å². The maximum absolute atomic E-state index is 12.3. The standard InChI is InChI=1S/C13H21N3O/c1-2-16-8-7-15-13(16)12(17)11-5-3-10(9-14)4-6-11/h7-8,10-11H,2-6,9,14H2,1H3. The number of carbonyl (C=O) groups is 1. The van der Waals surface area contributed by atoms with Crippen molar-refractivity contribution in [3.05, 3.63) is 18.2 Å². The molecule has 1 heterocycles. The number of rotatable bonds is 4. The number of Topliss-reactive ketones (excluding diaryl/α,β-unsaturated/α-hetero) is 1. The number of aryl methyl sites for hydroxylation is 1. The van der Waals surface area contributed by atoms with Gasteiger partial charge in [0.15, 0.2) is 5.82 Å². The fraction of sp³-hybridized carbons (Fsp3) is 0.692. The molecule has 2 rings (SSSR count). The van der Waals surface area contributed by atoms with Crippen LogP contribution in [0.2, 0.25) is 0 Å². The van der Waals surface area contributed by atoms with Crippen LogP contribution in [0.1, 0.15) is 43.2 Å². The second-order valence-electron chi connectivity index (χ2n) is 4.85. The first-order chi connectivity index (χ1) is 8.26. The molecular weight excluding hydrogens is 214 g/mol. The van der Waals surface area contributed by atoms with Crippen molar-refractivity contribution >= 4 is 5.78 Å². The van der Waals surface area contributed by atoms with Gasteiger partial charge < -0.3 is 10.3 Å². The van der Waals surface area contributed by atoms with E-state index in [1.165, 1.54) is 0 Å². The average Bonchev–Trinajstić information content (AvgIpc) is 2.86. The molecule has 0 unspecified atom stereocenters. The molecule has 0 radical (unpaired) electrons. The Morgan fingerprint density at radius 1 is 1.47 bits per heavy atom. The lowest BCUT2D eigenvalue weighted by Gasteiger charge is -2.26. The largest absolute Gasteiger partial charge is 0.330 e. The number of nitrogens with two attached hydrogens (primary N) is 1. The van der Waals surface area contributed by atoms with E-state index in [2.05, 4.69) is 4.98 Å². The molecular formula is C13H21N3O. The Hall–Kier alpha value is -1.16. The van der Waals surface area contributed by atoms with Crippen molar-refractivity contribution in [2.45, 2.75) is 39.2 Å². The van der Waals surface area contributed by atoms with Crippen molar-refractivity contribution < 1.29 is 4.79 Å². The fourth-order valence-corrected chi connectivity index (χ4v) is 2.63. The summed E-state index contributed by atoms with van der Waals surface area (Å²) in [6.45, 7) is 3.59. The van der Waals surface area contributed by atoms with Crippen molar-refractivity contribution in [1.82, 2.24) is 9.55 Å². The van der Waals surface area contributed by atoms with Crippen molar-refractivity contribution in [3.8, 4) is 0 Å². The van der Waals surface area contributed by atoms with Crippen LogP contribution in [-0.2, 0) is 6.54 Å². The van der Waals surface area contributed by atoms with E-state index in [0.29, 0.717) is 11.7 Å². The van der Waals surface area contributed by atoms with Gasteiger partial charge in [0.25, 0.3) is 0 Å². The number of hydrogen-bond acceptors (Lipinski definition) is 3. The van der Waals surface area contributed by atoms with Gasteiger partial charge in [-0.3, -0.25) is 4.79 Å². The van der Waals surface area contributed by atoms with Crippen LogP contribution in [0.25, 0.3) is 0 Å². The predicted molar refractivity (Wildman–Crippen MR) is 66.7 cm³/mol. The van der Waals surface area contributed by atoms with Crippen molar-refractivity contribution in [2.75, 3.05) is 6.54 Å². The average molecular weight is 235 g/mol. The van der Waals surface area contributed by atoms with Crippen LogP contribution < -0.4 is 5.73 Å². The number of hydrogen-bond donors (Lipinski definition) is 1. The summed E-state index contributed by atoms with van der Waals surface area (Å²) in [5.74, 6) is 1.62. The highest BCUT2D eigenvalue weighted by atomic mass is 16.1. The van der Waals surface area contributed by atoms with Crippen molar-refractivity contribution in [1.29, 1.82) is 0 Å². The van der Waals surface area contributed by atoms with Gasteiger partial charge in [-0.2, -0.15) is 0 Å². The van der Waals surface area contributed by atoms with Gasteiger partial charge >= 0.3 is 0 Å². The zero-order valence-electron chi connectivity index (χ0n) is 10.4. The van der Waals surface area contributed by atoms with Gasteiger partial charge in [-0.05, 0) is 45.1 Å². The zero-order valence-corrected chi connectivity index (χ0v) is 10.4. The minimum absolute atomic E-state index is 0.158. The number of aromatic nitrogens is 2. The topological polar surface area (TPSA) is 60.9 Å². The third kappa shape index (κ3) is 2.57. The molecule has 0 atom stereocenters. The Bertz CT molecular complexity index is 378. The van der Waals surface area contributed by atoms with Gasteiger partial charge in [0.1, 0.15) is 0 Å². The Balaban J connectivity index is 2.02. The minimum atomic E-state index is 0.158. The monoisotopic (exact) mass is 235 g/mol. The predicted octanol–water partition coefficient (Wildman–Crippen LogP) is 1.85. The normalized spacial score (nSPS) is 24.8. The second-order valence-corrected chi connectivity index (χ2v) is 4.85. The molecule has 1 saturated carbocycles. The molecule has 1 aliphatic rings. The van der Waals surface area contributed by atoms with Crippen LogP contribution in [0.3, 0.4) is 0 Å². The second kappa shape index (κ2) is 5.45. The van der Waals surface area contributed by atoms with Gasteiger partial charge in [-0.15, -0.1) is 0 Å². The highest BCUT2D eigenvalue weighted by Crippen LogP contribution is 2.30. The molecule has 4 nitrogen and oxygen atoms in total. The molecule has 4 heteroatoms. The lowest BCUT2D eigenvalue weighted by atomic mass is 9.80. The third-order valence-electron chi connectivity index (χ3n) is 3.83. The SMILES string of the molecule is CCn1ccnc1C(=O)C1CCC(CN)CC1. The van der Waals surface area contributed by atoms with Gasteiger partial charge in [0.2, 0.25) is 5.78 Å². The molecule has 0 bridgehead atoms. The first-order valence-corrected chi connectivity index (χ1v) is 6.51. The summed E-state index contributed by atoms with van der Waals surface area (Å²) in [4.78, 5) is 16.5. The molecule has 1 fully saturated rings. The van der Waals surface area contributed by atoms with Crippen LogP contribution in [-0.4, -0.2) is 21.9 Å². The molecule has 0 aromatic carbocycles. The summed E-state index contributed by atoms with van der Waals surface area (Å²) in [5, 5.41) is 0. The third-order valence-corrected chi connectivity index (χ3v) is 3.83. The molecule has 1 aromatic heterocycles. The van der Waals surface area contributed by atoms with Crippen LogP contribution in [0.5, 0.6) is 0 Å². The molecule has 2 N–H and O–H groups in total. The first kappa shape index (κ1) is 12.3. The van der Waals surface area contributed by atoms with E-state index in [9.17, 15) is 4.79 Å². The van der Waals surface area contributed by atoms with Crippen LogP contribution in [0, 0.1) is 11.8 Å². The first-order valence-electron chi connectivity index (χ1n) is 6.51. The van der Waals surface area contributed by atoms with E-state index in [1.807, 2.05) is 17.7 Å². The van der Waals surface area contributed by atoms with E-state index in [0.717, 1.165) is 38.8 Å². The van der Waals surface area contributed by atoms with Gasteiger partial charge in [-0.25, -0.2) is 4.98 Å². The van der Waals surface area contributed by atoms with Crippen LogP contribution in [0.4, 0.5) is 0 Å². The lowest BCUT2D eigenvalue weighted by molar-refractivity contribution is 0.0858. The maximum atomic E-state index is 12.3. The quantitative estimate of drug-likeness (QED) is 0.810. The number of nitrogens with zero attached hydrogens (tertiary/aromatic N) is 2. The molecule has 0 aliphatic heterocycles. The fourth-order valence-electron chi connectivity index (χ4n) is 2.63. The number of ketones is 1. The molecule has 0 saturated heterocycles. The smallest absolute Gasteiger partial charge is 0.201 e. The summed E-state index contributed by atoms with van der Waals surface area (Å²) in [7, 11) is 0. The van der Waals surface area contributed by atoms with Crippen molar-refractivity contribution in [2.24, 2.45) is 17.6 Å². The Labute approximate surface area is 102 Å². The number of carbonyl (C=O) groups excluding carboxylic acids is 1. The van der Waals surface area contributed by atoms with Gasteiger partial charge in [0.05, 0.1) is 0 Å². The molecule has 1 aromatic rings. The Kier molecular flexibility index (Phi) is 3.94. The summed E-state index contributed by atoms with van der Waals surface area (Å²) < 4.78 is 1.93. The summed E-state index contributed by atoms with van der Waals surface area (Å²) in [6.07, 6.45) is 7.69. The Morgan fingerprint density at radius 2 is 2.18 bits per heavy atom. The number of imidazole rings is 1. The zero-order chi connectivity index (χ0) is 12.3. The highest BCUT2D eigenvalue weighted by Gasteiger charge is 2.28. The summed E-state index contributed by atoms with van der Waals surface area (Å²) in [5.41, 5.74) is 5.66. The summed E-state index contributed by atoms with van der Waals surface area (Å²) in [6, 6.07) is 0. The summed E-state index contributed by atoms with van der Waals surface area (Å²) >= 11 is 0. The molecule has 94 valence electrons. The van der Waals surface area contributed by atoms with E-state index in [-0.39, 0.29) is 11.7 Å². The maximum Gasteiger partial charge on any atom is 0.201 e. The minimum Gasteiger partial charge on any atom is -0.330 e. The van der Waals surface area contributed by atoms with Crippen LogP contribution in [0.15, 0.2) is 12.4 Å². The molecule has 0 spiro atoms. The highest BCUT2D eigenvalue weighted by molar-refractivity contribution is 5.94. The van der Waals surface area contributed by atoms with E-state index < -0.39 is 0 Å². The van der Waals surface area contributed by atoms with E-state index in [1.54, 1.807) is 6.20 Å². The molecule has 0 amide bonds. The van der Waals surface area contributed by atoms with E-state index in [4.69, 9.17) is 5.73 Å². The molecule has 17 heavy (non-hydrogen) atoms.